The zero-order valence-corrected chi connectivity index (χ0v) is 17.4. The average Bonchev–Trinajstić information content (AvgIpc) is 2.96. The summed E-state index contributed by atoms with van der Waals surface area (Å²) in [4.78, 5) is 33.9. The van der Waals surface area contributed by atoms with Crippen molar-refractivity contribution < 1.29 is 14.3 Å². The molecule has 2 amide bonds. The molecule has 1 aromatic heterocycles. The number of pyridine rings is 1. The number of nitrogens with zero attached hydrogens (tertiary/aromatic N) is 3. The van der Waals surface area contributed by atoms with Crippen molar-refractivity contribution >= 4 is 22.9 Å². The predicted molar refractivity (Wildman–Crippen MR) is 118 cm³/mol. The number of amides is 2. The maximum Gasteiger partial charge on any atom is 0.410 e. The quantitative estimate of drug-likeness (QED) is 0.642. The predicted octanol–water partition coefficient (Wildman–Crippen LogP) is 4.25. The Morgan fingerprint density at radius 1 is 1.00 bits per heavy atom. The van der Waals surface area contributed by atoms with E-state index in [2.05, 4.69) is 4.98 Å². The highest BCUT2D eigenvalue weighted by Crippen LogP contribution is 2.34. The third kappa shape index (κ3) is 3.85. The van der Waals surface area contributed by atoms with Gasteiger partial charge in [-0.15, -0.1) is 0 Å². The molecule has 1 atom stereocenters. The van der Waals surface area contributed by atoms with Gasteiger partial charge < -0.3 is 9.64 Å². The van der Waals surface area contributed by atoms with Gasteiger partial charge in [-0.3, -0.25) is 14.7 Å². The van der Waals surface area contributed by atoms with Crippen molar-refractivity contribution in [2.45, 2.75) is 31.4 Å². The Kier molecular flexibility index (Phi) is 5.06. The smallest absolute Gasteiger partial charge is 0.410 e. The number of hydrogen-bond donors (Lipinski definition) is 0. The summed E-state index contributed by atoms with van der Waals surface area (Å²) in [6.07, 6.45) is 3.70. The Morgan fingerprint density at radius 2 is 1.87 bits per heavy atom. The van der Waals surface area contributed by atoms with Crippen molar-refractivity contribution in [2.75, 3.05) is 19.6 Å². The van der Waals surface area contributed by atoms with E-state index in [9.17, 15) is 9.59 Å². The molecule has 6 nitrogen and oxygen atoms in total. The van der Waals surface area contributed by atoms with Crippen molar-refractivity contribution in [3.8, 4) is 0 Å². The van der Waals surface area contributed by atoms with Gasteiger partial charge in [0.05, 0.1) is 12.1 Å². The number of hydrogen-bond acceptors (Lipinski definition) is 4. The van der Waals surface area contributed by atoms with Crippen LogP contribution in [-0.2, 0) is 11.3 Å². The molecule has 158 valence electrons. The number of ether oxygens (including phenoxy) is 1. The van der Waals surface area contributed by atoms with Gasteiger partial charge in [0.15, 0.2) is 0 Å². The number of carbonyl (C=O) groups is 2. The molecule has 2 aromatic carbocycles. The molecule has 2 fully saturated rings. The molecule has 2 aliphatic heterocycles. The number of likely N-dealkylation sites (tertiary alicyclic amines) is 1. The number of fused-ring (bicyclic) bond motifs is 1. The second kappa shape index (κ2) is 8.02. The van der Waals surface area contributed by atoms with Gasteiger partial charge in [0.2, 0.25) is 0 Å². The van der Waals surface area contributed by atoms with Crippen molar-refractivity contribution in [1.29, 1.82) is 0 Å². The van der Waals surface area contributed by atoms with Crippen LogP contribution >= 0.6 is 0 Å². The lowest BCUT2D eigenvalue weighted by Gasteiger charge is -2.26. The maximum absolute atomic E-state index is 13.3. The molecule has 2 aliphatic rings. The van der Waals surface area contributed by atoms with Crippen LogP contribution in [0.4, 0.5) is 4.79 Å². The second-order valence-corrected chi connectivity index (χ2v) is 8.41. The molecule has 0 radical (unpaired) electrons. The summed E-state index contributed by atoms with van der Waals surface area (Å²) in [7, 11) is 0. The highest BCUT2D eigenvalue weighted by molar-refractivity contribution is 6.06. The first-order valence-electron chi connectivity index (χ1n) is 10.8. The van der Waals surface area contributed by atoms with Gasteiger partial charge in [-0.05, 0) is 36.6 Å². The molecular formula is C25H25N3O3. The molecule has 0 N–H and O–H groups in total. The summed E-state index contributed by atoms with van der Waals surface area (Å²) < 4.78 is 5.90. The molecule has 0 bridgehead atoms. The fourth-order valence-electron chi connectivity index (χ4n) is 4.71. The van der Waals surface area contributed by atoms with E-state index in [4.69, 9.17) is 4.74 Å². The largest absolute Gasteiger partial charge is 0.441 e. The summed E-state index contributed by atoms with van der Waals surface area (Å²) in [6, 6.07) is 19.4. The van der Waals surface area contributed by atoms with Crippen LogP contribution < -0.4 is 0 Å². The van der Waals surface area contributed by atoms with E-state index >= 15 is 0 Å². The van der Waals surface area contributed by atoms with Crippen LogP contribution in [0.5, 0.6) is 0 Å². The molecule has 6 heteroatoms. The number of carbonyl (C=O) groups excluding carboxylic acids is 2. The lowest BCUT2D eigenvalue weighted by atomic mass is 9.95. The summed E-state index contributed by atoms with van der Waals surface area (Å²) in [5, 5.41) is 0.871. The third-order valence-corrected chi connectivity index (χ3v) is 6.32. The van der Waals surface area contributed by atoms with Crippen LogP contribution in [0.25, 0.3) is 10.9 Å². The first-order valence-corrected chi connectivity index (χ1v) is 10.8. The normalized spacial score (nSPS) is 21.4. The topological polar surface area (TPSA) is 62.7 Å². The number of benzene rings is 2. The van der Waals surface area contributed by atoms with Gasteiger partial charge in [-0.1, -0.05) is 42.5 Å². The van der Waals surface area contributed by atoms with E-state index in [1.807, 2.05) is 65.6 Å². The zero-order valence-electron chi connectivity index (χ0n) is 17.4. The zero-order chi connectivity index (χ0) is 21.3. The maximum atomic E-state index is 13.3. The van der Waals surface area contributed by atoms with Gasteiger partial charge in [0.25, 0.3) is 5.91 Å². The SMILES string of the molecule is O=C1O[C@@]2(CCCN(C(=O)c3cccc4ncccc34)CC2)CN1Cc1ccccc1. The Labute approximate surface area is 181 Å². The van der Waals surface area contributed by atoms with Crippen molar-refractivity contribution in [3.63, 3.8) is 0 Å². The van der Waals surface area contributed by atoms with Crippen LogP contribution in [0, 0.1) is 0 Å². The van der Waals surface area contributed by atoms with E-state index in [-0.39, 0.29) is 12.0 Å². The van der Waals surface area contributed by atoms with Crippen molar-refractivity contribution in [1.82, 2.24) is 14.8 Å². The van der Waals surface area contributed by atoms with E-state index in [0.717, 1.165) is 29.3 Å². The first-order chi connectivity index (χ1) is 15.1. The van der Waals surface area contributed by atoms with Crippen molar-refractivity contribution in [2.24, 2.45) is 0 Å². The third-order valence-electron chi connectivity index (χ3n) is 6.32. The van der Waals surface area contributed by atoms with Gasteiger partial charge in [0.1, 0.15) is 5.60 Å². The molecule has 0 unspecified atom stereocenters. The molecule has 1 spiro atoms. The summed E-state index contributed by atoms with van der Waals surface area (Å²) >= 11 is 0. The Bertz CT molecular complexity index is 1110. The molecule has 0 saturated carbocycles. The van der Waals surface area contributed by atoms with Crippen LogP contribution in [0.1, 0.15) is 35.2 Å². The average molecular weight is 415 g/mol. The van der Waals surface area contributed by atoms with Gasteiger partial charge in [-0.2, -0.15) is 0 Å². The van der Waals surface area contributed by atoms with E-state index in [0.29, 0.717) is 38.2 Å². The first kappa shape index (κ1) is 19.5. The van der Waals surface area contributed by atoms with Crippen LogP contribution in [-0.4, -0.2) is 52.0 Å². The molecule has 31 heavy (non-hydrogen) atoms. The van der Waals surface area contributed by atoms with E-state index in [1.54, 1.807) is 11.1 Å². The van der Waals surface area contributed by atoms with E-state index < -0.39 is 5.60 Å². The Balaban J connectivity index is 1.30. The van der Waals surface area contributed by atoms with Crippen LogP contribution in [0.3, 0.4) is 0 Å². The number of aromatic nitrogens is 1. The molecule has 3 heterocycles. The fraction of sp³-hybridized carbons (Fsp3) is 0.320. The summed E-state index contributed by atoms with van der Waals surface area (Å²) in [5.74, 6) is 0.0149. The minimum atomic E-state index is -0.513. The van der Waals surface area contributed by atoms with Crippen LogP contribution in [0.15, 0.2) is 66.9 Å². The Hall–Kier alpha value is -3.41. The minimum absolute atomic E-state index is 0.0149. The minimum Gasteiger partial charge on any atom is -0.441 e. The molecule has 3 aromatic rings. The highest BCUT2D eigenvalue weighted by Gasteiger charge is 2.46. The highest BCUT2D eigenvalue weighted by atomic mass is 16.6. The Morgan fingerprint density at radius 3 is 2.74 bits per heavy atom. The summed E-state index contributed by atoms with van der Waals surface area (Å²) in [6.45, 7) is 2.35. The molecule has 2 saturated heterocycles. The van der Waals surface area contributed by atoms with Gasteiger partial charge >= 0.3 is 6.09 Å². The lowest BCUT2D eigenvalue weighted by Crippen LogP contribution is -2.37. The number of rotatable bonds is 3. The van der Waals surface area contributed by atoms with Crippen molar-refractivity contribution in [3.05, 3.63) is 78.0 Å². The molecular weight excluding hydrogens is 390 g/mol. The van der Waals surface area contributed by atoms with Gasteiger partial charge in [0, 0.05) is 43.2 Å². The van der Waals surface area contributed by atoms with Crippen LogP contribution in [0.2, 0.25) is 0 Å². The standard InChI is InChI=1S/C25H25N3O3/c29-23(21-9-4-11-22-20(21)10-5-14-26-22)27-15-6-12-25(13-16-27)18-28(24(30)31-25)17-19-7-2-1-3-8-19/h1-5,7-11,14H,6,12-13,15-18H2/t25-/m1/s1. The van der Waals surface area contributed by atoms with Gasteiger partial charge in [-0.25, -0.2) is 4.79 Å². The lowest BCUT2D eigenvalue weighted by molar-refractivity contribution is 0.0439. The summed E-state index contributed by atoms with van der Waals surface area (Å²) in [5.41, 5.74) is 2.07. The molecule has 5 rings (SSSR count). The van der Waals surface area contributed by atoms with E-state index in [1.165, 1.54) is 0 Å². The monoisotopic (exact) mass is 415 g/mol. The molecule has 0 aliphatic carbocycles. The second-order valence-electron chi connectivity index (χ2n) is 8.41. The fourth-order valence-corrected chi connectivity index (χ4v) is 4.71.